The van der Waals surface area contributed by atoms with Gasteiger partial charge in [0.1, 0.15) is 5.01 Å². The molecule has 1 aliphatic carbocycles. The van der Waals surface area contributed by atoms with Gasteiger partial charge in [0.2, 0.25) is 0 Å². The van der Waals surface area contributed by atoms with Crippen molar-refractivity contribution >= 4 is 11.3 Å². The third kappa shape index (κ3) is 1.69. The van der Waals surface area contributed by atoms with E-state index in [1.165, 1.54) is 23.5 Å². The number of nitrogens with zero attached hydrogens (tertiary/aromatic N) is 1. The molecule has 2 aliphatic rings. The standard InChI is InChI=1S/C10H14N2OS/c1-2-7(1)9-6-14-10(12-9)8-5-13-4-3-11-8/h6-8,11H,1-5H2. The van der Waals surface area contributed by atoms with Crippen LogP contribution in [0.3, 0.4) is 0 Å². The molecular weight excluding hydrogens is 196 g/mol. The third-order valence-electron chi connectivity index (χ3n) is 2.76. The van der Waals surface area contributed by atoms with Gasteiger partial charge in [-0.25, -0.2) is 4.98 Å². The molecule has 2 heterocycles. The van der Waals surface area contributed by atoms with Crippen LogP contribution in [0.4, 0.5) is 0 Å². The van der Waals surface area contributed by atoms with E-state index in [0.717, 1.165) is 25.7 Å². The van der Waals surface area contributed by atoms with Gasteiger partial charge in [-0.05, 0) is 12.8 Å². The second-order valence-electron chi connectivity index (χ2n) is 3.97. The summed E-state index contributed by atoms with van der Waals surface area (Å²) in [5.41, 5.74) is 1.30. The molecule has 3 rings (SSSR count). The molecule has 1 saturated carbocycles. The Bertz CT molecular complexity index is 316. The van der Waals surface area contributed by atoms with Crippen LogP contribution in [0.25, 0.3) is 0 Å². The van der Waals surface area contributed by atoms with Crippen molar-refractivity contribution in [2.45, 2.75) is 24.8 Å². The van der Waals surface area contributed by atoms with Gasteiger partial charge in [-0.3, -0.25) is 0 Å². The zero-order chi connectivity index (χ0) is 9.38. The van der Waals surface area contributed by atoms with Crippen LogP contribution in [0.2, 0.25) is 0 Å². The van der Waals surface area contributed by atoms with Crippen LogP contribution in [-0.2, 0) is 4.74 Å². The normalized spacial score (nSPS) is 27.9. The minimum Gasteiger partial charge on any atom is -0.378 e. The third-order valence-corrected chi connectivity index (χ3v) is 3.73. The molecule has 1 aliphatic heterocycles. The van der Waals surface area contributed by atoms with E-state index in [0.29, 0.717) is 6.04 Å². The lowest BCUT2D eigenvalue weighted by atomic mass is 10.3. The van der Waals surface area contributed by atoms with Crippen molar-refractivity contribution in [3.63, 3.8) is 0 Å². The number of morpholine rings is 1. The van der Waals surface area contributed by atoms with Crippen LogP contribution in [0.5, 0.6) is 0 Å². The number of hydrogen-bond donors (Lipinski definition) is 1. The Morgan fingerprint density at radius 1 is 1.50 bits per heavy atom. The fraction of sp³-hybridized carbons (Fsp3) is 0.700. The van der Waals surface area contributed by atoms with Gasteiger partial charge in [0.15, 0.2) is 0 Å². The van der Waals surface area contributed by atoms with E-state index < -0.39 is 0 Å². The van der Waals surface area contributed by atoms with Crippen molar-refractivity contribution in [1.29, 1.82) is 0 Å². The smallest absolute Gasteiger partial charge is 0.112 e. The first-order chi connectivity index (χ1) is 6.93. The molecular formula is C10H14N2OS. The Balaban J connectivity index is 1.74. The zero-order valence-corrected chi connectivity index (χ0v) is 8.85. The van der Waals surface area contributed by atoms with Crippen LogP contribution >= 0.6 is 11.3 Å². The summed E-state index contributed by atoms with van der Waals surface area (Å²) in [5, 5.41) is 6.84. The van der Waals surface area contributed by atoms with Crippen molar-refractivity contribution in [3.8, 4) is 0 Å². The monoisotopic (exact) mass is 210 g/mol. The van der Waals surface area contributed by atoms with E-state index in [-0.39, 0.29) is 0 Å². The molecule has 2 fully saturated rings. The summed E-state index contributed by atoms with van der Waals surface area (Å²) in [6.45, 7) is 2.55. The van der Waals surface area contributed by atoms with Gasteiger partial charge in [-0.1, -0.05) is 0 Å². The maximum absolute atomic E-state index is 5.43. The topological polar surface area (TPSA) is 34.1 Å². The van der Waals surface area contributed by atoms with Gasteiger partial charge in [0.25, 0.3) is 0 Å². The van der Waals surface area contributed by atoms with Gasteiger partial charge in [-0.2, -0.15) is 0 Å². The molecule has 1 saturated heterocycles. The summed E-state index contributed by atoms with van der Waals surface area (Å²) in [6, 6.07) is 0.334. The van der Waals surface area contributed by atoms with Crippen LogP contribution in [-0.4, -0.2) is 24.7 Å². The molecule has 76 valence electrons. The maximum atomic E-state index is 5.43. The summed E-state index contributed by atoms with van der Waals surface area (Å²) in [7, 11) is 0. The Labute approximate surface area is 87.5 Å². The lowest BCUT2D eigenvalue weighted by molar-refractivity contribution is 0.0767. The minimum atomic E-state index is 0.334. The highest BCUT2D eigenvalue weighted by Crippen LogP contribution is 2.40. The van der Waals surface area contributed by atoms with Gasteiger partial charge >= 0.3 is 0 Å². The maximum Gasteiger partial charge on any atom is 0.112 e. The second-order valence-corrected chi connectivity index (χ2v) is 4.86. The van der Waals surface area contributed by atoms with E-state index >= 15 is 0 Å². The number of thiazole rings is 1. The fourth-order valence-electron chi connectivity index (χ4n) is 1.75. The molecule has 0 bridgehead atoms. The molecule has 1 aromatic heterocycles. The van der Waals surface area contributed by atoms with Crippen molar-refractivity contribution in [2.75, 3.05) is 19.8 Å². The number of nitrogens with one attached hydrogen (secondary N) is 1. The van der Waals surface area contributed by atoms with Gasteiger partial charge in [0.05, 0.1) is 24.9 Å². The molecule has 1 N–H and O–H groups in total. The van der Waals surface area contributed by atoms with E-state index in [9.17, 15) is 0 Å². The van der Waals surface area contributed by atoms with Crippen molar-refractivity contribution in [2.24, 2.45) is 0 Å². The molecule has 0 spiro atoms. The quantitative estimate of drug-likeness (QED) is 0.806. The molecule has 0 aromatic carbocycles. The number of rotatable bonds is 2. The average Bonchev–Trinajstić information content (AvgIpc) is 2.98. The summed E-state index contributed by atoms with van der Waals surface area (Å²) < 4.78 is 5.43. The van der Waals surface area contributed by atoms with E-state index in [2.05, 4.69) is 15.7 Å². The largest absolute Gasteiger partial charge is 0.378 e. The minimum absolute atomic E-state index is 0.334. The first-order valence-electron chi connectivity index (χ1n) is 5.20. The molecule has 1 aromatic rings. The highest BCUT2D eigenvalue weighted by Gasteiger charge is 2.27. The van der Waals surface area contributed by atoms with Crippen LogP contribution in [0.1, 0.15) is 35.5 Å². The second kappa shape index (κ2) is 3.61. The highest BCUT2D eigenvalue weighted by molar-refractivity contribution is 7.09. The molecule has 3 nitrogen and oxygen atoms in total. The summed E-state index contributed by atoms with van der Waals surface area (Å²) in [4.78, 5) is 4.67. The first-order valence-corrected chi connectivity index (χ1v) is 6.08. The molecule has 4 heteroatoms. The van der Waals surface area contributed by atoms with Crippen molar-refractivity contribution in [1.82, 2.24) is 10.3 Å². The Kier molecular flexibility index (Phi) is 2.27. The van der Waals surface area contributed by atoms with Crippen LogP contribution in [0, 0.1) is 0 Å². The van der Waals surface area contributed by atoms with E-state index in [4.69, 9.17) is 4.74 Å². The van der Waals surface area contributed by atoms with Gasteiger partial charge in [0, 0.05) is 17.8 Å². The predicted molar refractivity (Wildman–Crippen MR) is 55.7 cm³/mol. The Morgan fingerprint density at radius 3 is 3.14 bits per heavy atom. The summed E-state index contributed by atoms with van der Waals surface area (Å²) in [6.07, 6.45) is 2.66. The molecule has 1 unspecified atom stereocenters. The number of hydrogen-bond acceptors (Lipinski definition) is 4. The Hall–Kier alpha value is -0.450. The summed E-state index contributed by atoms with van der Waals surface area (Å²) >= 11 is 1.77. The molecule has 0 radical (unpaired) electrons. The van der Waals surface area contributed by atoms with E-state index in [1.807, 2.05) is 0 Å². The average molecular weight is 210 g/mol. The van der Waals surface area contributed by atoms with Crippen LogP contribution in [0.15, 0.2) is 5.38 Å². The SMILES string of the molecule is c1sc(C2COCCN2)nc1C1CC1. The zero-order valence-electron chi connectivity index (χ0n) is 8.03. The number of ether oxygens (including phenoxy) is 1. The molecule has 1 atom stereocenters. The van der Waals surface area contributed by atoms with Gasteiger partial charge < -0.3 is 10.1 Å². The predicted octanol–water partition coefficient (Wildman–Crippen LogP) is 1.68. The lowest BCUT2D eigenvalue weighted by Gasteiger charge is -2.21. The first kappa shape index (κ1) is 8.83. The summed E-state index contributed by atoms with van der Waals surface area (Å²) in [5.74, 6) is 0.768. The van der Waals surface area contributed by atoms with Crippen molar-refractivity contribution in [3.05, 3.63) is 16.1 Å². The Morgan fingerprint density at radius 2 is 2.43 bits per heavy atom. The fourth-order valence-corrected chi connectivity index (χ4v) is 2.71. The molecule has 14 heavy (non-hydrogen) atoms. The highest BCUT2D eigenvalue weighted by atomic mass is 32.1. The lowest BCUT2D eigenvalue weighted by Crippen LogP contribution is -2.34. The molecule has 0 amide bonds. The van der Waals surface area contributed by atoms with E-state index in [1.54, 1.807) is 11.3 Å². The van der Waals surface area contributed by atoms with Gasteiger partial charge in [-0.15, -0.1) is 11.3 Å². The number of aromatic nitrogens is 1. The van der Waals surface area contributed by atoms with Crippen LogP contribution < -0.4 is 5.32 Å². The van der Waals surface area contributed by atoms with Crippen molar-refractivity contribution < 1.29 is 4.74 Å².